The maximum atomic E-state index is 7.35. The van der Waals surface area contributed by atoms with E-state index in [9.17, 15) is 0 Å². The molecule has 0 saturated heterocycles. The van der Waals surface area contributed by atoms with Crippen LogP contribution in [0.1, 0.15) is 0 Å². The minimum absolute atomic E-state index is 0.833. The molecule has 19 aromatic rings. The second-order valence-electron chi connectivity index (χ2n) is 23.7. The Bertz CT molecular complexity index is 6050. The van der Waals surface area contributed by atoms with E-state index in [1.165, 1.54) is 38.2 Å². The quantitative estimate of drug-likeness (QED) is 0.142. The molecule has 17 aromatic carbocycles. The van der Waals surface area contributed by atoms with E-state index in [2.05, 4.69) is 325 Å². The maximum Gasteiger partial charge on any atom is 0.160 e. The van der Waals surface area contributed by atoms with Crippen LogP contribution in [-0.2, 0) is 0 Å². The van der Waals surface area contributed by atoms with Gasteiger partial charge >= 0.3 is 0 Å². The molecule has 2 heterocycles. The van der Waals surface area contributed by atoms with E-state index in [4.69, 9.17) is 8.83 Å². The Hall–Kier alpha value is -12.0. The van der Waals surface area contributed by atoms with Crippen LogP contribution in [0.15, 0.2) is 324 Å². The molecule has 0 bridgehead atoms. The Labute approximate surface area is 517 Å². The van der Waals surface area contributed by atoms with E-state index < -0.39 is 0 Å². The van der Waals surface area contributed by atoms with Crippen molar-refractivity contribution in [1.29, 1.82) is 0 Å². The number of fused-ring (bicyclic) bond motifs is 18. The van der Waals surface area contributed by atoms with Gasteiger partial charge in [-0.25, -0.2) is 0 Å². The Morgan fingerprint density at radius 2 is 0.511 bits per heavy atom. The monoisotopic (exact) mass is 1140 g/mol. The van der Waals surface area contributed by atoms with E-state index >= 15 is 0 Å². The summed E-state index contributed by atoms with van der Waals surface area (Å²) >= 11 is 0. The number of benzene rings is 17. The Morgan fingerprint density at radius 1 is 0.211 bits per heavy atom. The molecule has 418 valence electrons. The van der Waals surface area contributed by atoms with Gasteiger partial charge in [0.15, 0.2) is 11.2 Å². The molecule has 0 aliphatic carbocycles. The lowest BCUT2D eigenvalue weighted by atomic mass is 9.84. The lowest BCUT2D eigenvalue weighted by molar-refractivity contribution is 0.669. The zero-order valence-electron chi connectivity index (χ0n) is 48.7. The van der Waals surface area contributed by atoms with Gasteiger partial charge < -0.3 is 18.6 Å². The van der Waals surface area contributed by atoms with Crippen LogP contribution in [0.2, 0.25) is 0 Å². The van der Waals surface area contributed by atoms with Gasteiger partial charge in [0.05, 0.1) is 22.7 Å². The molecule has 0 aliphatic rings. The van der Waals surface area contributed by atoms with E-state index in [0.717, 1.165) is 148 Å². The average Bonchev–Trinajstić information content (AvgIpc) is 1.07. The van der Waals surface area contributed by atoms with Crippen LogP contribution >= 0.6 is 0 Å². The molecule has 0 atom stereocenters. The van der Waals surface area contributed by atoms with Crippen molar-refractivity contribution in [2.45, 2.75) is 0 Å². The number of hydrogen-bond acceptors (Lipinski definition) is 4. The van der Waals surface area contributed by atoms with E-state index in [1.54, 1.807) is 0 Å². The first kappa shape index (κ1) is 50.2. The SMILES string of the molecule is c1ccc(-c2ccc(N(c3c4ccccc4c(-c4c5ccccc5c(N(c5ccccc5)c5cc6ccccc6c6c5oc5ccc7ccccc7c56)c5ccccc45)c4ccccc34)c3cc4ccccc4c4c3oc3ccc5ccccc5c34)cc2)cc1. The molecule has 0 aliphatic heterocycles. The minimum atomic E-state index is 0.833. The summed E-state index contributed by atoms with van der Waals surface area (Å²) in [6, 6.07) is 115. The number of para-hydroxylation sites is 1. The first-order valence-electron chi connectivity index (χ1n) is 30.9. The Kier molecular flexibility index (Phi) is 11.0. The second kappa shape index (κ2) is 19.8. The van der Waals surface area contributed by atoms with Gasteiger partial charge in [0.1, 0.15) is 11.2 Å². The van der Waals surface area contributed by atoms with Crippen LogP contribution < -0.4 is 9.80 Å². The van der Waals surface area contributed by atoms with E-state index in [-0.39, 0.29) is 0 Å². The van der Waals surface area contributed by atoms with E-state index in [0.29, 0.717) is 0 Å². The van der Waals surface area contributed by atoms with Crippen LogP contribution in [-0.4, -0.2) is 0 Å². The highest BCUT2D eigenvalue weighted by Gasteiger charge is 2.31. The number of anilines is 6. The van der Waals surface area contributed by atoms with Crippen molar-refractivity contribution < 1.29 is 8.83 Å². The molecule has 0 amide bonds. The summed E-state index contributed by atoms with van der Waals surface area (Å²) in [5.74, 6) is 0. The normalized spacial score (nSPS) is 12.0. The molecule has 0 spiro atoms. The summed E-state index contributed by atoms with van der Waals surface area (Å²) in [6.07, 6.45) is 0. The fourth-order valence-electron chi connectivity index (χ4n) is 15.1. The number of furan rings is 2. The van der Waals surface area contributed by atoms with Gasteiger partial charge in [-0.2, -0.15) is 0 Å². The summed E-state index contributed by atoms with van der Waals surface area (Å²) in [4.78, 5) is 4.96. The van der Waals surface area contributed by atoms with Crippen molar-refractivity contribution in [1.82, 2.24) is 0 Å². The van der Waals surface area contributed by atoms with Crippen molar-refractivity contribution >= 4 is 164 Å². The Morgan fingerprint density at radius 3 is 0.911 bits per heavy atom. The van der Waals surface area contributed by atoms with Gasteiger partial charge in [0.25, 0.3) is 0 Å². The topological polar surface area (TPSA) is 32.8 Å². The molecule has 4 nitrogen and oxygen atoms in total. The van der Waals surface area contributed by atoms with Gasteiger partial charge in [0, 0.05) is 54.5 Å². The Balaban J connectivity index is 0.915. The summed E-state index contributed by atoms with van der Waals surface area (Å²) in [5.41, 5.74) is 14.2. The molecular weight excluding hydrogens is 1090 g/mol. The first-order chi connectivity index (χ1) is 44.7. The molecule has 0 N–H and O–H groups in total. The van der Waals surface area contributed by atoms with Crippen LogP contribution in [0.3, 0.4) is 0 Å². The molecule has 19 rings (SSSR count). The van der Waals surface area contributed by atoms with Crippen LogP contribution in [0.5, 0.6) is 0 Å². The summed E-state index contributed by atoms with van der Waals surface area (Å²) < 4.78 is 14.6. The highest BCUT2D eigenvalue weighted by molar-refractivity contribution is 6.35. The average molecular weight is 1150 g/mol. The zero-order chi connectivity index (χ0) is 59.0. The molecule has 0 saturated carbocycles. The summed E-state index contributed by atoms with van der Waals surface area (Å²) in [5, 5.41) is 22.7. The standard InChI is InChI=1S/C86H52N2O2/c1-3-23-53(24-4-1)54-43-47-60(48-44-54)88(74-52-58-28-10-14-34-64(58)82-80-62-32-12-8-26-56(62)46-50-76(80)90-86(74)82)84-71-41-21-17-37-67(71)78(68-38-18-22-42-72(68)84)77-65-35-15-19-39-69(65)83(70-40-20-16-36-66(70)77)87(59-29-5-2-6-30-59)73-51-57-27-9-13-33-63(57)81-79-61-31-11-7-25-55(61)45-49-75(79)89-85(73)81/h1-52H. The zero-order valence-corrected chi connectivity index (χ0v) is 48.7. The van der Waals surface area contributed by atoms with E-state index in [1.807, 2.05) is 0 Å². The number of hydrogen-bond donors (Lipinski definition) is 0. The molecule has 0 radical (unpaired) electrons. The highest BCUT2D eigenvalue weighted by atomic mass is 16.3. The van der Waals surface area contributed by atoms with Crippen molar-refractivity contribution in [2.24, 2.45) is 0 Å². The molecule has 0 unspecified atom stereocenters. The largest absolute Gasteiger partial charge is 0.454 e. The summed E-state index contributed by atoms with van der Waals surface area (Å²) in [7, 11) is 0. The van der Waals surface area contributed by atoms with Gasteiger partial charge in [-0.05, 0) is 135 Å². The van der Waals surface area contributed by atoms with Gasteiger partial charge in [-0.15, -0.1) is 0 Å². The highest BCUT2D eigenvalue weighted by Crippen LogP contribution is 2.57. The molecule has 2 aromatic heterocycles. The number of nitrogens with zero attached hydrogens (tertiary/aromatic N) is 2. The third-order valence-corrected chi connectivity index (χ3v) is 18.9. The minimum Gasteiger partial charge on any atom is -0.454 e. The smallest absolute Gasteiger partial charge is 0.160 e. The first-order valence-corrected chi connectivity index (χ1v) is 30.9. The van der Waals surface area contributed by atoms with Gasteiger partial charge in [-0.1, -0.05) is 267 Å². The van der Waals surface area contributed by atoms with Crippen molar-refractivity contribution in [3.05, 3.63) is 315 Å². The summed E-state index contributed by atoms with van der Waals surface area (Å²) in [6.45, 7) is 0. The number of rotatable bonds is 8. The lowest BCUT2D eigenvalue weighted by Gasteiger charge is -2.31. The maximum absolute atomic E-state index is 7.35. The second-order valence-corrected chi connectivity index (χ2v) is 23.7. The van der Waals surface area contributed by atoms with Crippen LogP contribution in [0, 0.1) is 0 Å². The molecule has 0 fully saturated rings. The van der Waals surface area contributed by atoms with Crippen molar-refractivity contribution in [2.75, 3.05) is 9.80 Å². The predicted octanol–water partition coefficient (Wildman–Crippen LogP) is 25.0. The molecule has 4 heteroatoms. The fourth-order valence-corrected chi connectivity index (χ4v) is 15.1. The predicted molar refractivity (Wildman–Crippen MR) is 381 cm³/mol. The molecular formula is C86H52N2O2. The fraction of sp³-hybridized carbons (Fsp3) is 0. The van der Waals surface area contributed by atoms with Crippen LogP contribution in [0.4, 0.5) is 34.1 Å². The van der Waals surface area contributed by atoms with Crippen LogP contribution in [0.25, 0.3) is 152 Å². The third-order valence-electron chi connectivity index (χ3n) is 18.9. The van der Waals surface area contributed by atoms with Gasteiger partial charge in [-0.3, -0.25) is 0 Å². The van der Waals surface area contributed by atoms with Crippen molar-refractivity contribution in [3.8, 4) is 22.3 Å². The lowest BCUT2D eigenvalue weighted by Crippen LogP contribution is -2.13. The third kappa shape index (κ3) is 7.43. The molecule has 90 heavy (non-hydrogen) atoms. The van der Waals surface area contributed by atoms with Crippen molar-refractivity contribution in [3.63, 3.8) is 0 Å². The van der Waals surface area contributed by atoms with Gasteiger partial charge in [0.2, 0.25) is 0 Å².